The van der Waals surface area contributed by atoms with Gasteiger partial charge in [-0.3, -0.25) is 0 Å². The molecule has 0 aromatic heterocycles. The molecule has 154 valence electrons. The Hall–Kier alpha value is -1.01. The molecule has 2 fully saturated rings. The van der Waals surface area contributed by atoms with E-state index in [0.29, 0.717) is 6.61 Å². The number of hydrogen-bond acceptors (Lipinski definition) is 5. The largest absolute Gasteiger partial charge is 0.494 e. The van der Waals surface area contributed by atoms with Gasteiger partial charge in [0.25, 0.3) is 0 Å². The van der Waals surface area contributed by atoms with Crippen molar-refractivity contribution < 1.29 is 23.4 Å². The van der Waals surface area contributed by atoms with Crippen LogP contribution < -0.4 is 15.7 Å². The van der Waals surface area contributed by atoms with Gasteiger partial charge in [-0.25, -0.2) is 0 Å². The quantitative estimate of drug-likeness (QED) is 0.726. The minimum atomic E-state index is -0.462. The smallest absolute Gasteiger partial charge is 0.494 e. The van der Waals surface area contributed by atoms with Crippen molar-refractivity contribution in [2.75, 3.05) is 6.61 Å². The van der Waals surface area contributed by atoms with Crippen molar-refractivity contribution in [1.29, 1.82) is 0 Å². The molecule has 0 N–H and O–H groups in total. The summed E-state index contributed by atoms with van der Waals surface area (Å²) in [6, 6.07) is 6.03. The van der Waals surface area contributed by atoms with E-state index in [-0.39, 0.29) is 0 Å². The summed E-state index contributed by atoms with van der Waals surface area (Å²) in [5.74, 6) is 0.777. The van der Waals surface area contributed by atoms with Crippen LogP contribution in [0.5, 0.6) is 5.75 Å². The summed E-state index contributed by atoms with van der Waals surface area (Å²) in [7, 11) is -0.923. The van der Waals surface area contributed by atoms with Crippen molar-refractivity contribution in [3.8, 4) is 5.75 Å². The van der Waals surface area contributed by atoms with E-state index in [1.54, 1.807) is 0 Å². The van der Waals surface area contributed by atoms with Crippen LogP contribution in [0.4, 0.5) is 0 Å². The van der Waals surface area contributed by atoms with Crippen LogP contribution in [0.2, 0.25) is 0 Å². The zero-order valence-corrected chi connectivity index (χ0v) is 18.8. The van der Waals surface area contributed by atoms with E-state index in [2.05, 4.69) is 62.3 Å². The zero-order valence-electron chi connectivity index (χ0n) is 18.8. The Balaban J connectivity index is 1.95. The van der Waals surface area contributed by atoms with Gasteiger partial charge in [0.15, 0.2) is 0 Å². The van der Waals surface area contributed by atoms with Crippen LogP contribution in [0.25, 0.3) is 0 Å². The molecule has 0 saturated carbocycles. The lowest BCUT2D eigenvalue weighted by Gasteiger charge is -2.32. The van der Waals surface area contributed by atoms with Crippen molar-refractivity contribution in [3.05, 3.63) is 18.2 Å². The Morgan fingerprint density at radius 1 is 0.679 bits per heavy atom. The van der Waals surface area contributed by atoms with E-state index >= 15 is 0 Å². The van der Waals surface area contributed by atoms with Gasteiger partial charge in [0.05, 0.1) is 29.0 Å². The zero-order chi connectivity index (χ0) is 21.0. The first-order valence-electron chi connectivity index (χ1n) is 10.3. The van der Waals surface area contributed by atoms with Gasteiger partial charge in [-0.2, -0.15) is 0 Å². The van der Waals surface area contributed by atoms with Crippen LogP contribution in [0.15, 0.2) is 18.2 Å². The molecule has 0 bridgehead atoms. The minimum Gasteiger partial charge on any atom is -0.494 e. The van der Waals surface area contributed by atoms with Gasteiger partial charge in [0, 0.05) is 0 Å². The molecule has 7 heteroatoms. The highest BCUT2D eigenvalue weighted by Gasteiger charge is 2.54. The molecule has 28 heavy (non-hydrogen) atoms. The van der Waals surface area contributed by atoms with Gasteiger partial charge in [0.2, 0.25) is 0 Å². The monoisotopic (exact) mass is 388 g/mol. The normalized spacial score (nSPS) is 24.6. The van der Waals surface area contributed by atoms with Crippen LogP contribution in [0.1, 0.15) is 68.7 Å². The topological polar surface area (TPSA) is 46.2 Å². The average molecular weight is 388 g/mol. The maximum atomic E-state index is 6.25. The van der Waals surface area contributed by atoms with Gasteiger partial charge < -0.3 is 23.4 Å². The van der Waals surface area contributed by atoms with E-state index in [9.17, 15) is 0 Å². The van der Waals surface area contributed by atoms with E-state index in [1.165, 1.54) is 0 Å². The SMILES string of the molecule is CCCOc1cc(B2OC(C)(C)C(C)(C)O2)cc(B2OC(C)(C)C(C)(C)O2)c1. The van der Waals surface area contributed by atoms with E-state index < -0.39 is 36.6 Å². The van der Waals surface area contributed by atoms with Crippen molar-refractivity contribution in [1.82, 2.24) is 0 Å². The molecule has 1 aromatic carbocycles. The molecule has 1 aromatic rings. The molecule has 0 radical (unpaired) electrons. The molecule has 2 saturated heterocycles. The Morgan fingerprint density at radius 3 is 1.36 bits per heavy atom. The summed E-state index contributed by atoms with van der Waals surface area (Å²) in [5, 5.41) is 0. The number of benzene rings is 1. The molecular weight excluding hydrogens is 354 g/mol. The second-order valence-electron chi connectivity index (χ2n) is 9.86. The molecule has 0 unspecified atom stereocenters. The molecule has 2 heterocycles. The molecule has 3 rings (SSSR count). The first-order valence-corrected chi connectivity index (χ1v) is 10.3. The number of hydrogen-bond donors (Lipinski definition) is 0. The summed E-state index contributed by atoms with van der Waals surface area (Å²) in [6.45, 7) is 19.2. The molecule has 2 aliphatic heterocycles. The first kappa shape index (κ1) is 21.7. The second kappa shape index (κ2) is 7.05. The standard InChI is InChI=1S/C21H34B2O5/c1-10-11-24-17-13-15(22-25-18(2,3)19(4,5)26-22)12-16(14-17)23-27-20(6,7)21(8,9)28-23/h12-14H,10-11H2,1-9H3. The lowest BCUT2D eigenvalue weighted by Crippen LogP contribution is -2.41. The highest BCUT2D eigenvalue weighted by Crippen LogP contribution is 2.38. The third-order valence-electron chi connectivity index (χ3n) is 6.47. The number of rotatable bonds is 5. The molecule has 5 nitrogen and oxygen atoms in total. The Kier molecular flexibility index (Phi) is 5.46. The highest BCUT2D eigenvalue weighted by molar-refractivity contribution is 6.66. The van der Waals surface area contributed by atoms with Gasteiger partial charge in [-0.15, -0.1) is 0 Å². The third-order valence-corrected chi connectivity index (χ3v) is 6.47. The third kappa shape index (κ3) is 3.87. The maximum Gasteiger partial charge on any atom is 0.494 e. The summed E-state index contributed by atoms with van der Waals surface area (Å²) < 4.78 is 30.9. The van der Waals surface area contributed by atoms with Gasteiger partial charge >= 0.3 is 14.2 Å². The summed E-state index contributed by atoms with van der Waals surface area (Å²) >= 11 is 0. The molecular formula is C21H34B2O5. The van der Waals surface area contributed by atoms with Gasteiger partial charge in [-0.05, 0) is 84.9 Å². The van der Waals surface area contributed by atoms with Crippen LogP contribution in [-0.2, 0) is 18.6 Å². The Labute approximate surface area is 170 Å². The molecule has 0 spiro atoms. The Bertz CT molecular complexity index is 643. The fourth-order valence-electron chi connectivity index (χ4n) is 3.18. The Morgan fingerprint density at radius 2 is 1.04 bits per heavy atom. The summed E-state index contributed by atoms with van der Waals surface area (Å²) in [4.78, 5) is 0. The van der Waals surface area contributed by atoms with Crippen molar-refractivity contribution in [2.24, 2.45) is 0 Å². The molecule has 0 amide bonds. The average Bonchev–Trinajstić information content (AvgIpc) is 2.92. The molecule has 0 aliphatic carbocycles. The number of ether oxygens (including phenoxy) is 1. The van der Waals surface area contributed by atoms with Crippen LogP contribution in [0.3, 0.4) is 0 Å². The van der Waals surface area contributed by atoms with E-state index in [0.717, 1.165) is 23.1 Å². The van der Waals surface area contributed by atoms with Crippen molar-refractivity contribution in [2.45, 2.75) is 91.1 Å². The predicted molar refractivity (Wildman–Crippen MR) is 114 cm³/mol. The maximum absolute atomic E-state index is 6.25. The van der Waals surface area contributed by atoms with Gasteiger partial charge in [0.1, 0.15) is 5.75 Å². The van der Waals surface area contributed by atoms with Gasteiger partial charge in [-0.1, -0.05) is 13.0 Å². The first-order chi connectivity index (χ1) is 12.8. The second-order valence-corrected chi connectivity index (χ2v) is 9.86. The molecule has 2 aliphatic rings. The van der Waals surface area contributed by atoms with E-state index in [4.69, 9.17) is 23.4 Å². The van der Waals surface area contributed by atoms with Crippen molar-refractivity contribution in [3.63, 3.8) is 0 Å². The molecule has 0 atom stereocenters. The van der Waals surface area contributed by atoms with Crippen LogP contribution in [-0.4, -0.2) is 43.2 Å². The fourth-order valence-corrected chi connectivity index (χ4v) is 3.18. The predicted octanol–water partition coefficient (Wildman–Crippen LogP) is 3.07. The van der Waals surface area contributed by atoms with E-state index in [1.807, 2.05) is 18.2 Å². The van der Waals surface area contributed by atoms with Crippen molar-refractivity contribution >= 4 is 25.2 Å². The lowest BCUT2D eigenvalue weighted by molar-refractivity contribution is 0.00578. The summed E-state index contributed by atoms with van der Waals surface area (Å²) in [6.07, 6.45) is 0.937. The summed E-state index contributed by atoms with van der Waals surface area (Å²) in [5.41, 5.74) is 0.226. The van der Waals surface area contributed by atoms with Crippen LogP contribution in [0, 0.1) is 0 Å². The fraction of sp³-hybridized carbons (Fsp3) is 0.714. The highest BCUT2D eigenvalue weighted by atomic mass is 16.7. The van der Waals surface area contributed by atoms with Crippen LogP contribution >= 0.6 is 0 Å². The lowest BCUT2D eigenvalue weighted by atomic mass is 9.71. The minimum absolute atomic E-state index is 0.400.